The molecule has 1 aromatic rings. The molecule has 0 bridgehead atoms. The fourth-order valence-electron chi connectivity index (χ4n) is 5.00. The molecule has 3 unspecified atom stereocenters. The van der Waals surface area contributed by atoms with Gasteiger partial charge in [0, 0.05) is 0 Å². The maximum Gasteiger partial charge on any atom is 0.311 e. The molecule has 1 aliphatic rings. The van der Waals surface area contributed by atoms with Crippen LogP contribution in [0.15, 0.2) is 18.2 Å². The maximum atomic E-state index is 11.8. The maximum absolute atomic E-state index is 11.8. The summed E-state index contributed by atoms with van der Waals surface area (Å²) in [6.45, 7) is 11.6. The van der Waals surface area contributed by atoms with Crippen molar-refractivity contribution in [1.82, 2.24) is 0 Å². The van der Waals surface area contributed by atoms with Crippen molar-refractivity contribution in [2.75, 3.05) is 0 Å². The lowest BCUT2D eigenvalue weighted by Crippen LogP contribution is -2.36. The van der Waals surface area contributed by atoms with Gasteiger partial charge < -0.3 is 14.6 Å². The second-order valence-electron chi connectivity index (χ2n) is 11.5. The summed E-state index contributed by atoms with van der Waals surface area (Å²) in [5, 5.41) is 8.70. The van der Waals surface area contributed by atoms with Gasteiger partial charge in [-0.25, -0.2) is 0 Å². The van der Waals surface area contributed by atoms with Crippen molar-refractivity contribution >= 4 is 11.9 Å². The third-order valence-electron chi connectivity index (χ3n) is 7.36. The largest absolute Gasteiger partial charge is 0.487 e. The molecular weight excluding hydrogens is 440 g/mol. The molecule has 0 spiro atoms. The molecule has 1 heterocycles. The van der Waals surface area contributed by atoms with Crippen molar-refractivity contribution in [1.29, 1.82) is 0 Å². The lowest BCUT2D eigenvalue weighted by molar-refractivity contribution is -0.142. The number of ether oxygens (including phenoxy) is 2. The molecule has 5 heteroatoms. The van der Waals surface area contributed by atoms with E-state index in [0.717, 1.165) is 48.3 Å². The zero-order chi connectivity index (χ0) is 25.8. The van der Waals surface area contributed by atoms with Gasteiger partial charge in [0.2, 0.25) is 0 Å². The Hall–Kier alpha value is -2.04. The van der Waals surface area contributed by atoms with Gasteiger partial charge in [0.1, 0.15) is 17.1 Å². The van der Waals surface area contributed by atoms with E-state index in [1.54, 1.807) is 6.07 Å². The summed E-state index contributed by atoms with van der Waals surface area (Å²) in [5.41, 5.74) is 0.888. The van der Waals surface area contributed by atoms with E-state index in [1.807, 2.05) is 12.1 Å². The number of aryl methyl sites for hydroxylation is 1. The van der Waals surface area contributed by atoms with E-state index in [9.17, 15) is 9.59 Å². The van der Waals surface area contributed by atoms with E-state index >= 15 is 0 Å². The number of aliphatic carboxylic acids is 1. The van der Waals surface area contributed by atoms with Gasteiger partial charge >= 0.3 is 11.9 Å². The van der Waals surface area contributed by atoms with Crippen LogP contribution in [0.2, 0.25) is 0 Å². The van der Waals surface area contributed by atoms with Crippen LogP contribution in [0.5, 0.6) is 11.5 Å². The number of carboxylic acids is 1. The molecular formula is C30H48O5. The molecule has 0 radical (unpaired) electrons. The van der Waals surface area contributed by atoms with E-state index in [4.69, 9.17) is 14.6 Å². The Labute approximate surface area is 213 Å². The average molecular weight is 489 g/mol. The quantitative estimate of drug-likeness (QED) is 0.189. The molecule has 1 N–H and O–H groups in total. The highest BCUT2D eigenvalue weighted by Gasteiger charge is 2.31. The number of hydrogen-bond donors (Lipinski definition) is 1. The fraction of sp³-hybridized carbons (Fsp3) is 0.733. The van der Waals surface area contributed by atoms with Crippen LogP contribution < -0.4 is 9.47 Å². The monoisotopic (exact) mass is 488 g/mol. The van der Waals surface area contributed by atoms with Crippen molar-refractivity contribution in [3.05, 3.63) is 23.8 Å². The fourth-order valence-corrected chi connectivity index (χ4v) is 5.00. The van der Waals surface area contributed by atoms with Gasteiger partial charge in [-0.15, -0.1) is 0 Å². The Morgan fingerprint density at radius 2 is 1.60 bits per heavy atom. The Morgan fingerprint density at radius 1 is 0.971 bits per heavy atom. The van der Waals surface area contributed by atoms with Crippen molar-refractivity contribution in [3.63, 3.8) is 0 Å². The summed E-state index contributed by atoms with van der Waals surface area (Å²) >= 11 is 0. The first-order valence-corrected chi connectivity index (χ1v) is 13.8. The Morgan fingerprint density at radius 3 is 2.23 bits per heavy atom. The van der Waals surface area contributed by atoms with Crippen molar-refractivity contribution in [3.8, 4) is 11.5 Å². The van der Waals surface area contributed by atoms with Gasteiger partial charge in [-0.2, -0.15) is 0 Å². The second-order valence-corrected chi connectivity index (χ2v) is 11.5. The SMILES string of the molecule is CC(C)CCCC(C)CCCC(C)CCCC1(C)CCc2cc(OC(=O)CCC(=O)O)ccc2O1. The zero-order valence-corrected chi connectivity index (χ0v) is 22.7. The molecule has 0 saturated heterocycles. The van der Waals surface area contributed by atoms with Crippen LogP contribution in [0.4, 0.5) is 0 Å². The molecule has 0 aromatic heterocycles. The van der Waals surface area contributed by atoms with Crippen LogP contribution >= 0.6 is 0 Å². The first-order valence-electron chi connectivity index (χ1n) is 13.8. The number of esters is 1. The predicted molar refractivity (Wildman–Crippen MR) is 141 cm³/mol. The van der Waals surface area contributed by atoms with Crippen LogP contribution in [0, 0.1) is 17.8 Å². The zero-order valence-electron chi connectivity index (χ0n) is 22.7. The Balaban J connectivity index is 1.69. The van der Waals surface area contributed by atoms with Gasteiger partial charge in [0.15, 0.2) is 0 Å². The van der Waals surface area contributed by atoms with Crippen LogP contribution in [0.3, 0.4) is 0 Å². The minimum absolute atomic E-state index is 0.128. The summed E-state index contributed by atoms with van der Waals surface area (Å²) < 4.78 is 11.7. The Bertz CT molecular complexity index is 802. The van der Waals surface area contributed by atoms with Gasteiger partial charge in [-0.3, -0.25) is 9.59 Å². The molecule has 35 heavy (non-hydrogen) atoms. The van der Waals surface area contributed by atoms with Crippen LogP contribution in [0.25, 0.3) is 0 Å². The summed E-state index contributed by atoms with van der Waals surface area (Å²) in [7, 11) is 0. The predicted octanol–water partition coefficient (Wildman–Crippen LogP) is 7.98. The number of carbonyl (C=O) groups is 2. The third-order valence-corrected chi connectivity index (χ3v) is 7.36. The lowest BCUT2D eigenvalue weighted by atomic mass is 9.86. The molecule has 2 rings (SSSR count). The number of carbonyl (C=O) groups excluding carboxylic acids is 1. The van der Waals surface area contributed by atoms with Crippen molar-refractivity contribution in [2.24, 2.45) is 17.8 Å². The van der Waals surface area contributed by atoms with Crippen molar-refractivity contribution < 1.29 is 24.2 Å². The average Bonchev–Trinajstić information content (AvgIpc) is 2.77. The molecule has 0 saturated carbocycles. The van der Waals surface area contributed by atoms with Crippen LogP contribution in [0.1, 0.15) is 117 Å². The summed E-state index contributed by atoms with van der Waals surface area (Å²) in [4.78, 5) is 22.4. The van der Waals surface area contributed by atoms with Crippen LogP contribution in [-0.2, 0) is 16.0 Å². The third kappa shape index (κ3) is 11.5. The molecule has 0 aliphatic carbocycles. The van der Waals surface area contributed by atoms with Gasteiger partial charge in [0.25, 0.3) is 0 Å². The highest BCUT2D eigenvalue weighted by molar-refractivity contribution is 5.78. The second kappa shape index (κ2) is 14.5. The molecule has 198 valence electrons. The van der Waals surface area contributed by atoms with Crippen LogP contribution in [-0.4, -0.2) is 22.6 Å². The molecule has 1 aliphatic heterocycles. The first kappa shape index (κ1) is 29.2. The van der Waals surface area contributed by atoms with E-state index in [1.165, 1.54) is 51.4 Å². The summed E-state index contributed by atoms with van der Waals surface area (Å²) in [6.07, 6.45) is 13.1. The topological polar surface area (TPSA) is 72.8 Å². The number of hydrogen-bond acceptors (Lipinski definition) is 4. The van der Waals surface area contributed by atoms with Gasteiger partial charge in [-0.05, 0) is 74.1 Å². The lowest BCUT2D eigenvalue weighted by Gasteiger charge is -2.36. The summed E-state index contributed by atoms with van der Waals surface area (Å²) in [5.74, 6) is 2.22. The molecule has 0 amide bonds. The number of fused-ring (bicyclic) bond motifs is 1. The normalized spacial score (nSPS) is 19.0. The molecule has 3 atom stereocenters. The highest BCUT2D eigenvalue weighted by Crippen LogP contribution is 2.38. The highest BCUT2D eigenvalue weighted by atomic mass is 16.5. The standard InChI is InChI=1S/C30H48O5/c1-22(2)9-6-10-23(3)11-7-12-24(4)13-8-19-30(5)20-18-25-21-26(14-15-27(25)35-30)34-29(33)17-16-28(31)32/h14-15,21-24H,6-13,16-20H2,1-5H3,(H,31,32). The minimum atomic E-state index is -1.00. The van der Waals surface area contributed by atoms with E-state index < -0.39 is 11.9 Å². The number of benzene rings is 1. The minimum Gasteiger partial charge on any atom is -0.487 e. The molecule has 5 nitrogen and oxygen atoms in total. The Kier molecular flexibility index (Phi) is 12.1. The summed E-state index contributed by atoms with van der Waals surface area (Å²) in [6, 6.07) is 5.45. The van der Waals surface area contributed by atoms with Gasteiger partial charge in [0.05, 0.1) is 12.8 Å². The molecule has 0 fully saturated rings. The number of rotatable bonds is 16. The van der Waals surface area contributed by atoms with Gasteiger partial charge in [-0.1, -0.05) is 72.6 Å². The smallest absolute Gasteiger partial charge is 0.311 e. The number of carboxylic acid groups (broad SMARTS) is 1. The van der Waals surface area contributed by atoms with E-state index in [-0.39, 0.29) is 18.4 Å². The van der Waals surface area contributed by atoms with E-state index in [0.29, 0.717) is 5.75 Å². The molecule has 1 aromatic carbocycles. The first-order chi connectivity index (χ1) is 16.6. The van der Waals surface area contributed by atoms with Crippen molar-refractivity contribution in [2.45, 2.75) is 124 Å². The van der Waals surface area contributed by atoms with E-state index in [2.05, 4.69) is 34.6 Å².